The summed E-state index contributed by atoms with van der Waals surface area (Å²) in [7, 11) is 0. The molecule has 0 bridgehead atoms. The third kappa shape index (κ3) is 31.4. The predicted molar refractivity (Wildman–Crippen MR) is 143 cm³/mol. The molecule has 0 saturated carbocycles. The number of carboxylic acid groups (broad SMARTS) is 1. The van der Waals surface area contributed by atoms with Crippen LogP contribution in [0.1, 0.15) is 155 Å². The van der Waals surface area contributed by atoms with Crippen LogP contribution < -0.4 is 5.32 Å². The fourth-order valence-corrected chi connectivity index (χ4v) is 4.36. The maximum absolute atomic E-state index is 10.4. The van der Waals surface area contributed by atoms with Crippen LogP contribution in [0.3, 0.4) is 0 Å². The van der Waals surface area contributed by atoms with Crippen LogP contribution in [-0.2, 0) is 9.53 Å². The molecular weight excluding hydrogens is 410 g/mol. The van der Waals surface area contributed by atoms with Crippen LogP contribution in [0.15, 0.2) is 0 Å². The second kappa shape index (κ2) is 29.4. The van der Waals surface area contributed by atoms with Gasteiger partial charge in [0.05, 0.1) is 6.61 Å². The Balaban J connectivity index is 3.01. The molecule has 4 nitrogen and oxygen atoms in total. The molecular formula is C29H59NO3. The molecule has 0 radical (unpaired) electrons. The van der Waals surface area contributed by atoms with Gasteiger partial charge in [-0.05, 0) is 25.8 Å². The first-order valence-corrected chi connectivity index (χ1v) is 14.8. The third-order valence-corrected chi connectivity index (χ3v) is 6.56. The number of aliphatic carboxylic acids is 1. The predicted octanol–water partition coefficient (Wildman–Crippen LogP) is 8.67. The van der Waals surface area contributed by atoms with Gasteiger partial charge in [0, 0.05) is 19.6 Å². The summed E-state index contributed by atoms with van der Waals surface area (Å²) in [5.74, 6) is -0.701. The summed E-state index contributed by atoms with van der Waals surface area (Å²) in [6.07, 6.45) is 30.2. The molecule has 198 valence electrons. The van der Waals surface area contributed by atoms with Crippen molar-refractivity contribution in [3.8, 4) is 0 Å². The van der Waals surface area contributed by atoms with E-state index in [1.165, 1.54) is 128 Å². The van der Waals surface area contributed by atoms with E-state index in [-0.39, 0.29) is 6.42 Å². The topological polar surface area (TPSA) is 58.6 Å². The molecule has 0 aliphatic heterocycles. The zero-order valence-electron chi connectivity index (χ0n) is 22.4. The van der Waals surface area contributed by atoms with Gasteiger partial charge in [-0.15, -0.1) is 0 Å². The summed E-state index contributed by atoms with van der Waals surface area (Å²) in [6, 6.07) is 0. The number of hydrogen-bond donors (Lipinski definition) is 2. The molecule has 0 rings (SSSR count). The number of nitrogens with one attached hydrogen (secondary N) is 1. The van der Waals surface area contributed by atoms with Crippen LogP contribution in [0.4, 0.5) is 0 Å². The maximum Gasteiger partial charge on any atom is 0.303 e. The first-order chi connectivity index (χ1) is 16.3. The SMILES string of the molecule is CCCCCCCCCCCCCCCCCCCCCCOCCNCCCCC(=O)O. The van der Waals surface area contributed by atoms with Crippen LogP contribution in [0, 0.1) is 0 Å². The molecule has 4 heteroatoms. The van der Waals surface area contributed by atoms with Crippen LogP contribution in [0.5, 0.6) is 0 Å². The largest absolute Gasteiger partial charge is 0.481 e. The van der Waals surface area contributed by atoms with Gasteiger partial charge in [-0.1, -0.05) is 129 Å². The Morgan fingerprint density at radius 3 is 1.39 bits per heavy atom. The second-order valence-electron chi connectivity index (χ2n) is 9.93. The lowest BCUT2D eigenvalue weighted by Gasteiger charge is -2.06. The smallest absolute Gasteiger partial charge is 0.303 e. The fourth-order valence-electron chi connectivity index (χ4n) is 4.36. The van der Waals surface area contributed by atoms with Gasteiger partial charge in [-0.2, -0.15) is 0 Å². The van der Waals surface area contributed by atoms with Crippen LogP contribution in [0.2, 0.25) is 0 Å². The molecule has 0 amide bonds. The van der Waals surface area contributed by atoms with Crippen molar-refractivity contribution in [2.75, 3.05) is 26.3 Å². The van der Waals surface area contributed by atoms with Crippen molar-refractivity contribution in [1.29, 1.82) is 0 Å². The van der Waals surface area contributed by atoms with Gasteiger partial charge in [0.2, 0.25) is 0 Å². The molecule has 0 spiro atoms. The molecule has 0 saturated heterocycles. The first-order valence-electron chi connectivity index (χ1n) is 14.8. The van der Waals surface area contributed by atoms with Crippen molar-refractivity contribution in [2.45, 2.75) is 155 Å². The van der Waals surface area contributed by atoms with Crippen LogP contribution in [0.25, 0.3) is 0 Å². The highest BCUT2D eigenvalue weighted by Gasteiger charge is 1.97. The molecule has 2 N–H and O–H groups in total. The Kier molecular flexibility index (Phi) is 28.9. The van der Waals surface area contributed by atoms with Crippen molar-refractivity contribution in [2.24, 2.45) is 0 Å². The van der Waals surface area contributed by atoms with E-state index in [9.17, 15) is 4.79 Å². The minimum Gasteiger partial charge on any atom is -0.481 e. The molecule has 0 unspecified atom stereocenters. The van der Waals surface area contributed by atoms with Gasteiger partial charge in [0.15, 0.2) is 0 Å². The number of ether oxygens (including phenoxy) is 1. The number of unbranched alkanes of at least 4 members (excludes halogenated alkanes) is 20. The van der Waals surface area contributed by atoms with E-state index in [4.69, 9.17) is 9.84 Å². The Morgan fingerprint density at radius 2 is 0.970 bits per heavy atom. The van der Waals surface area contributed by atoms with E-state index in [1.54, 1.807) is 0 Å². The van der Waals surface area contributed by atoms with Crippen molar-refractivity contribution < 1.29 is 14.6 Å². The van der Waals surface area contributed by atoms with Gasteiger partial charge in [-0.25, -0.2) is 0 Å². The fraction of sp³-hybridized carbons (Fsp3) is 0.966. The molecule has 0 aromatic rings. The monoisotopic (exact) mass is 469 g/mol. The summed E-state index contributed by atoms with van der Waals surface area (Å²) < 4.78 is 5.66. The van der Waals surface area contributed by atoms with Crippen molar-refractivity contribution in [3.05, 3.63) is 0 Å². The van der Waals surface area contributed by atoms with Gasteiger partial charge >= 0.3 is 5.97 Å². The summed E-state index contributed by atoms with van der Waals surface area (Å²) in [5, 5.41) is 11.9. The molecule has 0 aromatic carbocycles. The highest BCUT2D eigenvalue weighted by Crippen LogP contribution is 2.14. The lowest BCUT2D eigenvalue weighted by atomic mass is 10.0. The van der Waals surface area contributed by atoms with E-state index in [1.807, 2.05) is 0 Å². The highest BCUT2D eigenvalue weighted by molar-refractivity contribution is 5.66. The van der Waals surface area contributed by atoms with Crippen molar-refractivity contribution in [1.82, 2.24) is 5.32 Å². The maximum atomic E-state index is 10.4. The normalized spacial score (nSPS) is 11.3. The molecule has 0 atom stereocenters. The Bertz CT molecular complexity index is 376. The van der Waals surface area contributed by atoms with E-state index in [0.717, 1.165) is 39.1 Å². The molecule has 0 fully saturated rings. The van der Waals surface area contributed by atoms with E-state index in [2.05, 4.69) is 12.2 Å². The van der Waals surface area contributed by atoms with Crippen molar-refractivity contribution in [3.63, 3.8) is 0 Å². The lowest BCUT2D eigenvalue weighted by Crippen LogP contribution is -2.21. The molecule has 0 aliphatic rings. The number of hydrogen-bond acceptors (Lipinski definition) is 3. The average Bonchev–Trinajstić information content (AvgIpc) is 2.80. The van der Waals surface area contributed by atoms with Crippen LogP contribution in [-0.4, -0.2) is 37.4 Å². The Labute approximate surface area is 207 Å². The molecule has 0 heterocycles. The Morgan fingerprint density at radius 1 is 0.545 bits per heavy atom. The minimum atomic E-state index is -0.701. The zero-order valence-corrected chi connectivity index (χ0v) is 22.4. The number of rotatable bonds is 29. The van der Waals surface area contributed by atoms with Gasteiger partial charge in [-0.3, -0.25) is 4.79 Å². The van der Waals surface area contributed by atoms with Gasteiger partial charge in [0.25, 0.3) is 0 Å². The standard InChI is InChI=1S/C29H59NO3/c1-2-3-4-5-6-7-8-9-10-11-12-13-14-15-16-17-18-19-20-23-27-33-28-26-30-25-22-21-24-29(31)32/h30H,2-28H2,1H3,(H,31,32). The lowest BCUT2D eigenvalue weighted by molar-refractivity contribution is -0.137. The van der Waals surface area contributed by atoms with Crippen LogP contribution >= 0.6 is 0 Å². The van der Waals surface area contributed by atoms with E-state index < -0.39 is 5.97 Å². The first kappa shape index (κ1) is 32.4. The van der Waals surface area contributed by atoms with Crippen molar-refractivity contribution >= 4 is 5.97 Å². The second-order valence-corrected chi connectivity index (χ2v) is 9.93. The summed E-state index contributed by atoms with van der Waals surface area (Å²) in [5.41, 5.74) is 0. The third-order valence-electron chi connectivity index (χ3n) is 6.56. The summed E-state index contributed by atoms with van der Waals surface area (Å²) in [4.78, 5) is 10.4. The highest BCUT2D eigenvalue weighted by atomic mass is 16.5. The molecule has 33 heavy (non-hydrogen) atoms. The molecule has 0 aliphatic carbocycles. The summed E-state index contributed by atoms with van der Waals surface area (Å²) in [6.45, 7) is 5.68. The molecule has 0 aromatic heterocycles. The number of carbonyl (C=O) groups is 1. The minimum absolute atomic E-state index is 0.275. The van der Waals surface area contributed by atoms with Gasteiger partial charge < -0.3 is 15.2 Å². The zero-order chi connectivity index (χ0) is 24.1. The van der Waals surface area contributed by atoms with E-state index >= 15 is 0 Å². The number of carboxylic acids is 1. The quantitative estimate of drug-likeness (QED) is 0.108. The average molecular weight is 470 g/mol. The Hall–Kier alpha value is -0.610. The van der Waals surface area contributed by atoms with Gasteiger partial charge in [0.1, 0.15) is 0 Å². The summed E-state index contributed by atoms with van der Waals surface area (Å²) >= 11 is 0. The van der Waals surface area contributed by atoms with E-state index in [0.29, 0.717) is 0 Å².